The van der Waals surface area contributed by atoms with Gasteiger partial charge in [0.1, 0.15) is 12.7 Å². The third-order valence-electron chi connectivity index (χ3n) is 5.22. The van der Waals surface area contributed by atoms with Crippen LogP contribution >= 0.6 is 24.8 Å². The molecular weight excluding hydrogens is 361 g/mol. The van der Waals surface area contributed by atoms with Gasteiger partial charge in [0, 0.05) is 25.2 Å². The molecule has 1 aromatic heterocycles. The van der Waals surface area contributed by atoms with Gasteiger partial charge >= 0.3 is 0 Å². The number of nitrogens with one attached hydrogen (secondary N) is 1. The molecule has 1 amide bonds. The van der Waals surface area contributed by atoms with Crippen LogP contribution in [0.3, 0.4) is 0 Å². The molecule has 0 radical (unpaired) electrons. The smallest absolute Gasteiger partial charge is 0.253 e. The van der Waals surface area contributed by atoms with Crippen LogP contribution in [0.4, 0.5) is 0 Å². The first kappa shape index (κ1) is 19.7. The van der Waals surface area contributed by atoms with Crippen LogP contribution in [0.25, 0.3) is 5.69 Å². The summed E-state index contributed by atoms with van der Waals surface area (Å²) in [7, 11) is 0. The fourth-order valence-corrected chi connectivity index (χ4v) is 3.71. The van der Waals surface area contributed by atoms with Crippen LogP contribution in [0.15, 0.2) is 36.9 Å². The van der Waals surface area contributed by atoms with Crippen LogP contribution in [-0.2, 0) is 0 Å². The molecular formula is C17H23Cl2N5O. The molecule has 1 N–H and O–H groups in total. The molecule has 0 saturated carbocycles. The Labute approximate surface area is 159 Å². The van der Waals surface area contributed by atoms with Crippen molar-refractivity contribution in [1.82, 2.24) is 25.0 Å². The lowest BCUT2D eigenvalue weighted by Crippen LogP contribution is -2.44. The normalized spacial score (nSPS) is 18.5. The molecule has 2 aromatic rings. The molecule has 2 saturated heterocycles. The van der Waals surface area contributed by atoms with E-state index in [1.54, 1.807) is 11.0 Å². The van der Waals surface area contributed by atoms with Crippen LogP contribution in [-0.4, -0.2) is 51.8 Å². The van der Waals surface area contributed by atoms with Gasteiger partial charge < -0.3 is 10.2 Å². The number of aromatic nitrogens is 3. The number of hydrogen-bond acceptors (Lipinski definition) is 4. The summed E-state index contributed by atoms with van der Waals surface area (Å²) in [4.78, 5) is 18.7. The largest absolute Gasteiger partial charge is 0.339 e. The fourth-order valence-electron chi connectivity index (χ4n) is 3.71. The van der Waals surface area contributed by atoms with E-state index in [2.05, 4.69) is 15.4 Å². The second-order valence-corrected chi connectivity index (χ2v) is 6.61. The van der Waals surface area contributed by atoms with Crippen molar-refractivity contribution in [2.24, 2.45) is 5.41 Å². The number of rotatable bonds is 2. The summed E-state index contributed by atoms with van der Waals surface area (Å²) < 4.78 is 1.67. The Hall–Kier alpha value is -1.63. The second-order valence-electron chi connectivity index (χ2n) is 6.61. The summed E-state index contributed by atoms with van der Waals surface area (Å²) in [5.74, 6) is 0.118. The van der Waals surface area contributed by atoms with Crippen LogP contribution in [0.2, 0.25) is 0 Å². The number of halogens is 2. The molecule has 0 aliphatic carbocycles. The number of amides is 1. The van der Waals surface area contributed by atoms with E-state index in [4.69, 9.17) is 0 Å². The molecule has 1 spiro atoms. The van der Waals surface area contributed by atoms with E-state index in [0.29, 0.717) is 5.41 Å². The molecule has 0 atom stereocenters. The summed E-state index contributed by atoms with van der Waals surface area (Å²) in [5, 5.41) is 7.58. The first-order valence-electron chi connectivity index (χ1n) is 8.21. The third-order valence-corrected chi connectivity index (χ3v) is 5.22. The standard InChI is InChI=1S/C17H21N5O.2ClH/c23-16(21-8-5-17(6-9-21)4-7-18-11-17)14-2-1-3-15(10-14)22-13-19-12-20-22;;/h1-3,10,12-13,18H,4-9,11H2;2*1H. The molecule has 2 fully saturated rings. The van der Waals surface area contributed by atoms with Crippen LogP contribution in [0.5, 0.6) is 0 Å². The van der Waals surface area contributed by atoms with E-state index < -0.39 is 0 Å². The van der Waals surface area contributed by atoms with Gasteiger partial charge in [-0.3, -0.25) is 4.79 Å². The zero-order valence-electron chi connectivity index (χ0n) is 13.9. The van der Waals surface area contributed by atoms with Crippen molar-refractivity contribution in [3.8, 4) is 5.69 Å². The Morgan fingerprint density at radius 2 is 1.96 bits per heavy atom. The van der Waals surface area contributed by atoms with Gasteiger partial charge in [-0.2, -0.15) is 5.10 Å². The predicted octanol–water partition coefficient (Wildman–Crippen LogP) is 2.33. The lowest BCUT2D eigenvalue weighted by atomic mass is 9.78. The molecule has 25 heavy (non-hydrogen) atoms. The maximum Gasteiger partial charge on any atom is 0.253 e. The molecule has 0 unspecified atom stereocenters. The number of carbonyl (C=O) groups excluding carboxylic acids is 1. The zero-order valence-corrected chi connectivity index (χ0v) is 15.6. The fraction of sp³-hybridized carbons (Fsp3) is 0.471. The van der Waals surface area contributed by atoms with E-state index in [1.807, 2.05) is 29.2 Å². The van der Waals surface area contributed by atoms with Gasteiger partial charge in [-0.05, 0) is 49.4 Å². The van der Waals surface area contributed by atoms with Crippen LogP contribution < -0.4 is 5.32 Å². The Morgan fingerprint density at radius 1 is 1.16 bits per heavy atom. The van der Waals surface area contributed by atoms with E-state index >= 15 is 0 Å². The van der Waals surface area contributed by atoms with Gasteiger partial charge in [-0.25, -0.2) is 9.67 Å². The number of piperidine rings is 1. The van der Waals surface area contributed by atoms with Crippen molar-refractivity contribution in [3.63, 3.8) is 0 Å². The Balaban J connectivity index is 0.00000113. The minimum atomic E-state index is 0. The molecule has 3 heterocycles. The first-order chi connectivity index (χ1) is 11.3. The summed E-state index contributed by atoms with van der Waals surface area (Å²) in [5.41, 5.74) is 2.01. The van der Waals surface area contributed by atoms with Gasteiger partial charge in [0.2, 0.25) is 0 Å². The van der Waals surface area contributed by atoms with Gasteiger partial charge in [0.25, 0.3) is 5.91 Å². The monoisotopic (exact) mass is 383 g/mol. The summed E-state index contributed by atoms with van der Waals surface area (Å²) in [6.45, 7) is 3.94. The summed E-state index contributed by atoms with van der Waals surface area (Å²) >= 11 is 0. The number of carbonyl (C=O) groups is 1. The van der Waals surface area contributed by atoms with Crippen molar-refractivity contribution < 1.29 is 4.79 Å². The Bertz CT molecular complexity index is 691. The highest BCUT2D eigenvalue weighted by Gasteiger charge is 2.38. The van der Waals surface area contributed by atoms with Crippen LogP contribution in [0, 0.1) is 5.41 Å². The highest BCUT2D eigenvalue weighted by Crippen LogP contribution is 2.37. The molecule has 6 nitrogen and oxygen atoms in total. The highest BCUT2D eigenvalue weighted by molar-refractivity contribution is 5.94. The highest BCUT2D eigenvalue weighted by atomic mass is 35.5. The molecule has 2 aliphatic rings. The molecule has 8 heteroatoms. The summed E-state index contributed by atoms with van der Waals surface area (Å²) in [6, 6.07) is 7.60. The summed E-state index contributed by atoms with van der Waals surface area (Å²) in [6.07, 6.45) is 6.59. The number of nitrogens with zero attached hydrogens (tertiary/aromatic N) is 4. The number of hydrogen-bond donors (Lipinski definition) is 1. The van der Waals surface area contributed by atoms with Crippen molar-refractivity contribution >= 4 is 30.7 Å². The van der Waals surface area contributed by atoms with E-state index in [9.17, 15) is 4.79 Å². The molecule has 2 aliphatic heterocycles. The average molecular weight is 384 g/mol. The minimum absolute atomic E-state index is 0. The molecule has 1 aromatic carbocycles. The van der Waals surface area contributed by atoms with Crippen molar-refractivity contribution in [2.75, 3.05) is 26.2 Å². The van der Waals surface area contributed by atoms with Gasteiger partial charge in [0.15, 0.2) is 0 Å². The van der Waals surface area contributed by atoms with E-state index in [0.717, 1.165) is 50.3 Å². The second kappa shape index (κ2) is 8.17. The molecule has 136 valence electrons. The SMILES string of the molecule is Cl.Cl.O=C(c1cccc(-n2cncn2)c1)N1CCC2(CCNC2)CC1. The van der Waals surface area contributed by atoms with Crippen molar-refractivity contribution in [1.29, 1.82) is 0 Å². The van der Waals surface area contributed by atoms with Crippen molar-refractivity contribution in [2.45, 2.75) is 19.3 Å². The molecule has 0 bridgehead atoms. The van der Waals surface area contributed by atoms with Gasteiger partial charge in [-0.1, -0.05) is 6.07 Å². The maximum atomic E-state index is 12.8. The first-order valence-corrected chi connectivity index (χ1v) is 8.21. The topological polar surface area (TPSA) is 63.1 Å². The number of benzene rings is 1. The van der Waals surface area contributed by atoms with Crippen LogP contribution in [0.1, 0.15) is 29.6 Å². The lowest BCUT2D eigenvalue weighted by Gasteiger charge is -2.38. The molecule has 4 rings (SSSR count). The zero-order chi connectivity index (χ0) is 15.7. The van der Waals surface area contributed by atoms with E-state index in [-0.39, 0.29) is 30.7 Å². The van der Waals surface area contributed by atoms with E-state index in [1.165, 1.54) is 12.7 Å². The average Bonchev–Trinajstić information content (AvgIpc) is 3.28. The Kier molecular flexibility index (Phi) is 6.43. The minimum Gasteiger partial charge on any atom is -0.339 e. The predicted molar refractivity (Wildman–Crippen MR) is 101 cm³/mol. The third kappa shape index (κ3) is 3.97. The quantitative estimate of drug-likeness (QED) is 0.864. The Morgan fingerprint density at radius 3 is 2.60 bits per heavy atom. The van der Waals surface area contributed by atoms with Gasteiger partial charge in [0.05, 0.1) is 5.69 Å². The maximum absolute atomic E-state index is 12.8. The van der Waals surface area contributed by atoms with Gasteiger partial charge in [-0.15, -0.1) is 24.8 Å². The number of likely N-dealkylation sites (tertiary alicyclic amines) is 1. The lowest BCUT2D eigenvalue weighted by molar-refractivity contribution is 0.0607. The van der Waals surface area contributed by atoms with Crippen molar-refractivity contribution in [3.05, 3.63) is 42.5 Å².